The van der Waals surface area contributed by atoms with Gasteiger partial charge in [-0.3, -0.25) is 4.90 Å². The summed E-state index contributed by atoms with van der Waals surface area (Å²) in [5.74, 6) is 0.927. The molecule has 0 unspecified atom stereocenters. The standard InChI is InChI=1S/C28H21NO/c1-19-15-16-26(23(17-19)20-9-3-2-4-10-20)29-25-13-7-5-11-21(25)18-24-22-12-6-8-14-27(22)30-28(24)29/h2-17H,18H2,1H3. The van der Waals surface area contributed by atoms with Crippen molar-refractivity contribution >= 4 is 28.2 Å². The summed E-state index contributed by atoms with van der Waals surface area (Å²) in [6.45, 7) is 2.15. The van der Waals surface area contributed by atoms with Crippen molar-refractivity contribution in [2.75, 3.05) is 4.90 Å². The molecule has 0 spiro atoms. The lowest BCUT2D eigenvalue weighted by molar-refractivity contribution is 0.614. The van der Waals surface area contributed by atoms with Crippen LogP contribution in [0.2, 0.25) is 0 Å². The van der Waals surface area contributed by atoms with Crippen molar-refractivity contribution in [3.05, 3.63) is 114 Å². The molecule has 2 heterocycles. The van der Waals surface area contributed by atoms with Gasteiger partial charge in [0.1, 0.15) is 5.58 Å². The van der Waals surface area contributed by atoms with Gasteiger partial charge in [0.05, 0.1) is 11.4 Å². The zero-order valence-corrected chi connectivity index (χ0v) is 16.8. The number of nitrogens with zero attached hydrogens (tertiary/aromatic N) is 1. The van der Waals surface area contributed by atoms with Crippen molar-refractivity contribution < 1.29 is 4.42 Å². The minimum absolute atomic E-state index is 0.881. The van der Waals surface area contributed by atoms with E-state index < -0.39 is 0 Å². The van der Waals surface area contributed by atoms with Crippen LogP contribution in [0.4, 0.5) is 17.3 Å². The van der Waals surface area contributed by atoms with E-state index in [1.807, 2.05) is 6.07 Å². The molecule has 4 aromatic carbocycles. The van der Waals surface area contributed by atoms with Gasteiger partial charge in [0.25, 0.3) is 0 Å². The van der Waals surface area contributed by atoms with Gasteiger partial charge in [-0.05, 0) is 42.3 Å². The van der Waals surface area contributed by atoms with Crippen LogP contribution in [0.15, 0.2) is 101 Å². The van der Waals surface area contributed by atoms with E-state index in [0.717, 1.165) is 23.6 Å². The number of aryl methyl sites for hydroxylation is 1. The summed E-state index contributed by atoms with van der Waals surface area (Å²) in [6, 6.07) is 34.3. The maximum absolute atomic E-state index is 6.46. The lowest BCUT2D eigenvalue weighted by Crippen LogP contribution is -2.18. The molecule has 0 fully saturated rings. The lowest BCUT2D eigenvalue weighted by atomic mass is 9.94. The van der Waals surface area contributed by atoms with Gasteiger partial charge < -0.3 is 4.42 Å². The quantitative estimate of drug-likeness (QED) is 0.301. The van der Waals surface area contributed by atoms with E-state index in [9.17, 15) is 0 Å². The Labute approximate surface area is 176 Å². The second-order valence-corrected chi connectivity index (χ2v) is 7.91. The Morgan fingerprint density at radius 3 is 2.40 bits per heavy atom. The first kappa shape index (κ1) is 17.1. The minimum atomic E-state index is 0.881. The molecule has 1 aliphatic heterocycles. The average molecular weight is 387 g/mol. The first-order valence-electron chi connectivity index (χ1n) is 10.3. The Morgan fingerprint density at radius 2 is 1.50 bits per heavy atom. The molecule has 144 valence electrons. The Bertz CT molecular complexity index is 1380. The number of fused-ring (bicyclic) bond motifs is 4. The molecule has 1 aromatic heterocycles. The second-order valence-electron chi connectivity index (χ2n) is 7.91. The summed E-state index contributed by atoms with van der Waals surface area (Å²) in [5.41, 5.74) is 9.49. The van der Waals surface area contributed by atoms with Crippen molar-refractivity contribution in [1.29, 1.82) is 0 Å². The fraction of sp³-hybridized carbons (Fsp3) is 0.0714. The normalized spacial score (nSPS) is 12.6. The highest BCUT2D eigenvalue weighted by Gasteiger charge is 2.30. The smallest absolute Gasteiger partial charge is 0.209 e. The topological polar surface area (TPSA) is 16.4 Å². The van der Waals surface area contributed by atoms with Gasteiger partial charge in [-0.1, -0.05) is 78.4 Å². The molecule has 6 rings (SSSR count). The molecule has 0 aliphatic carbocycles. The third-order valence-corrected chi connectivity index (χ3v) is 5.96. The predicted molar refractivity (Wildman–Crippen MR) is 124 cm³/mol. The Balaban J connectivity index is 1.67. The van der Waals surface area contributed by atoms with Crippen LogP contribution in [-0.2, 0) is 6.42 Å². The number of hydrogen-bond acceptors (Lipinski definition) is 2. The van der Waals surface area contributed by atoms with Crippen LogP contribution in [0.3, 0.4) is 0 Å². The van der Waals surface area contributed by atoms with Gasteiger partial charge in [-0.15, -0.1) is 0 Å². The molecule has 0 radical (unpaired) electrons. The zero-order valence-electron chi connectivity index (χ0n) is 16.8. The van der Waals surface area contributed by atoms with Gasteiger partial charge in [0.15, 0.2) is 0 Å². The van der Waals surface area contributed by atoms with Crippen molar-refractivity contribution in [3.8, 4) is 11.1 Å². The number of hydrogen-bond donors (Lipinski definition) is 0. The van der Waals surface area contributed by atoms with Gasteiger partial charge in [0.2, 0.25) is 5.88 Å². The van der Waals surface area contributed by atoms with Crippen LogP contribution in [-0.4, -0.2) is 0 Å². The minimum Gasteiger partial charge on any atom is -0.439 e. The molecule has 0 atom stereocenters. The monoisotopic (exact) mass is 387 g/mol. The molecule has 0 N–H and O–H groups in total. The van der Waals surface area contributed by atoms with Crippen LogP contribution >= 0.6 is 0 Å². The molecule has 1 aliphatic rings. The van der Waals surface area contributed by atoms with E-state index in [1.165, 1.54) is 38.9 Å². The largest absolute Gasteiger partial charge is 0.439 e. The number of para-hydroxylation sites is 2. The fourth-order valence-electron chi connectivity index (χ4n) is 4.55. The van der Waals surface area contributed by atoms with Crippen LogP contribution in [0.25, 0.3) is 22.1 Å². The van der Waals surface area contributed by atoms with Crippen molar-refractivity contribution in [3.63, 3.8) is 0 Å². The highest BCUT2D eigenvalue weighted by molar-refractivity contribution is 5.96. The molecule has 30 heavy (non-hydrogen) atoms. The van der Waals surface area contributed by atoms with Crippen molar-refractivity contribution in [1.82, 2.24) is 0 Å². The highest BCUT2D eigenvalue weighted by atomic mass is 16.4. The van der Waals surface area contributed by atoms with Crippen LogP contribution in [0.5, 0.6) is 0 Å². The molecule has 5 aromatic rings. The first-order chi connectivity index (χ1) is 14.8. The van der Waals surface area contributed by atoms with E-state index in [2.05, 4.69) is 103 Å². The van der Waals surface area contributed by atoms with Gasteiger partial charge in [0, 0.05) is 22.9 Å². The Kier molecular flexibility index (Phi) is 3.78. The molecule has 0 saturated carbocycles. The summed E-state index contributed by atoms with van der Waals surface area (Å²) in [6.07, 6.45) is 0.881. The van der Waals surface area contributed by atoms with Crippen LogP contribution in [0.1, 0.15) is 16.7 Å². The first-order valence-corrected chi connectivity index (χ1v) is 10.3. The van der Waals surface area contributed by atoms with Crippen molar-refractivity contribution in [2.45, 2.75) is 13.3 Å². The number of furan rings is 1. The lowest BCUT2D eigenvalue weighted by Gasteiger charge is -2.31. The molecule has 0 bridgehead atoms. The summed E-state index contributed by atoms with van der Waals surface area (Å²) in [4.78, 5) is 2.30. The van der Waals surface area contributed by atoms with Gasteiger partial charge >= 0.3 is 0 Å². The number of benzene rings is 4. The summed E-state index contributed by atoms with van der Waals surface area (Å²) in [5, 5.41) is 1.19. The van der Waals surface area contributed by atoms with E-state index in [-0.39, 0.29) is 0 Å². The Morgan fingerprint density at radius 1 is 0.733 bits per heavy atom. The second kappa shape index (κ2) is 6.64. The van der Waals surface area contributed by atoms with E-state index in [1.54, 1.807) is 0 Å². The summed E-state index contributed by atoms with van der Waals surface area (Å²) < 4.78 is 6.46. The molecular formula is C28H21NO. The third kappa shape index (κ3) is 2.57. The average Bonchev–Trinajstić information content (AvgIpc) is 3.16. The zero-order chi connectivity index (χ0) is 20.1. The summed E-state index contributed by atoms with van der Waals surface area (Å²) >= 11 is 0. The SMILES string of the molecule is Cc1ccc(N2c3ccccc3Cc3c2oc2ccccc32)c(-c2ccccc2)c1. The van der Waals surface area contributed by atoms with Crippen LogP contribution in [0, 0.1) is 6.92 Å². The van der Waals surface area contributed by atoms with E-state index in [4.69, 9.17) is 4.42 Å². The van der Waals surface area contributed by atoms with E-state index >= 15 is 0 Å². The van der Waals surface area contributed by atoms with E-state index in [0.29, 0.717) is 0 Å². The van der Waals surface area contributed by atoms with Gasteiger partial charge in [-0.2, -0.15) is 0 Å². The molecule has 0 amide bonds. The molecule has 0 saturated heterocycles. The highest BCUT2D eigenvalue weighted by Crippen LogP contribution is 2.49. The van der Waals surface area contributed by atoms with Crippen LogP contribution < -0.4 is 4.90 Å². The number of anilines is 3. The van der Waals surface area contributed by atoms with Gasteiger partial charge in [-0.25, -0.2) is 0 Å². The maximum atomic E-state index is 6.46. The Hall–Kier alpha value is -3.78. The molecule has 2 heteroatoms. The predicted octanol–water partition coefficient (Wildman–Crippen LogP) is 7.78. The summed E-state index contributed by atoms with van der Waals surface area (Å²) in [7, 11) is 0. The molecule has 2 nitrogen and oxygen atoms in total. The number of rotatable bonds is 2. The fourth-order valence-corrected chi connectivity index (χ4v) is 4.55. The molecular weight excluding hydrogens is 366 g/mol. The van der Waals surface area contributed by atoms with Crippen molar-refractivity contribution in [2.24, 2.45) is 0 Å². The third-order valence-electron chi connectivity index (χ3n) is 5.96. The maximum Gasteiger partial charge on any atom is 0.209 e.